The summed E-state index contributed by atoms with van der Waals surface area (Å²) < 4.78 is 5.23. The van der Waals surface area contributed by atoms with Crippen molar-refractivity contribution in [3.8, 4) is 0 Å². The number of hydrogen-bond donors (Lipinski definition) is 2. The molecule has 0 fully saturated rings. The lowest BCUT2D eigenvalue weighted by Crippen LogP contribution is -2.27. The van der Waals surface area contributed by atoms with Crippen LogP contribution >= 0.6 is 11.3 Å². The minimum Gasteiger partial charge on any atom is -0.455 e. The first-order chi connectivity index (χ1) is 12.4. The molecular formula is C19H22N2O4S. The topological polar surface area (TPSA) is 98.5 Å². The predicted octanol–water partition coefficient (Wildman–Crippen LogP) is 3.16. The van der Waals surface area contributed by atoms with E-state index in [4.69, 9.17) is 10.5 Å². The van der Waals surface area contributed by atoms with Gasteiger partial charge in [-0.15, -0.1) is 11.3 Å². The highest BCUT2D eigenvalue weighted by molar-refractivity contribution is 7.14. The third-order valence-electron chi connectivity index (χ3n) is 4.15. The molecule has 0 spiro atoms. The molecule has 26 heavy (non-hydrogen) atoms. The van der Waals surface area contributed by atoms with E-state index in [0.717, 1.165) is 12.0 Å². The predicted molar refractivity (Wildman–Crippen MR) is 101 cm³/mol. The molecule has 0 saturated carbocycles. The molecular weight excluding hydrogens is 352 g/mol. The molecule has 2 aromatic rings. The van der Waals surface area contributed by atoms with Crippen LogP contribution in [0.1, 0.15) is 42.1 Å². The number of nitrogens with two attached hydrogens (primary N) is 1. The highest BCUT2D eigenvalue weighted by Crippen LogP contribution is 2.28. The molecule has 0 aliphatic rings. The van der Waals surface area contributed by atoms with Crippen LogP contribution in [0.3, 0.4) is 0 Å². The van der Waals surface area contributed by atoms with Gasteiger partial charge in [0, 0.05) is 0 Å². The van der Waals surface area contributed by atoms with E-state index in [1.54, 1.807) is 5.38 Å². The molecule has 0 radical (unpaired) electrons. The van der Waals surface area contributed by atoms with Gasteiger partial charge < -0.3 is 15.8 Å². The summed E-state index contributed by atoms with van der Waals surface area (Å²) in [6, 6.07) is 10.9. The molecule has 0 aliphatic carbocycles. The van der Waals surface area contributed by atoms with Crippen molar-refractivity contribution in [2.45, 2.75) is 26.2 Å². The van der Waals surface area contributed by atoms with E-state index in [0.29, 0.717) is 5.00 Å². The van der Waals surface area contributed by atoms with Crippen LogP contribution in [0.2, 0.25) is 0 Å². The van der Waals surface area contributed by atoms with Gasteiger partial charge in [0.1, 0.15) is 5.00 Å². The summed E-state index contributed by atoms with van der Waals surface area (Å²) in [6.07, 6.45) is 0.804. The van der Waals surface area contributed by atoms with Gasteiger partial charge in [-0.2, -0.15) is 0 Å². The lowest BCUT2D eigenvalue weighted by molar-refractivity contribution is -0.150. The van der Waals surface area contributed by atoms with Crippen LogP contribution < -0.4 is 11.1 Å². The molecule has 138 valence electrons. The molecule has 0 unspecified atom stereocenters. The molecule has 0 aliphatic heterocycles. The number of hydrogen-bond acceptors (Lipinski definition) is 5. The van der Waals surface area contributed by atoms with E-state index in [1.165, 1.54) is 17.4 Å². The van der Waals surface area contributed by atoms with E-state index in [2.05, 4.69) is 5.32 Å². The first-order valence-corrected chi connectivity index (χ1v) is 9.20. The summed E-state index contributed by atoms with van der Waals surface area (Å²) in [5, 5.41) is 4.55. The fraction of sp³-hybridized carbons (Fsp3) is 0.316. The first kappa shape index (κ1) is 19.7. The molecule has 3 N–H and O–H groups in total. The standard InChI is InChI=1S/C19H22N2O4S/c1-3-12(2)16(13-7-5-4-6-8-13)19(24)25-11-15(22)21-18-14(17(20)23)9-10-26-18/h4-10,12,16H,3,11H2,1-2H3,(H2,20,23)(H,21,22)/t12-,16+/m0/s1. The maximum absolute atomic E-state index is 12.6. The van der Waals surface area contributed by atoms with Crippen LogP contribution in [-0.4, -0.2) is 24.4 Å². The van der Waals surface area contributed by atoms with Gasteiger partial charge in [-0.25, -0.2) is 0 Å². The Bertz CT molecular complexity index is 773. The molecule has 1 aromatic heterocycles. The fourth-order valence-corrected chi connectivity index (χ4v) is 3.39. The Hall–Kier alpha value is -2.67. The molecule has 2 atom stereocenters. The summed E-state index contributed by atoms with van der Waals surface area (Å²) in [7, 11) is 0. The number of rotatable bonds is 8. The molecule has 2 rings (SSSR count). The number of anilines is 1. The van der Waals surface area contributed by atoms with Gasteiger partial charge >= 0.3 is 5.97 Å². The van der Waals surface area contributed by atoms with Crippen LogP contribution in [0.4, 0.5) is 5.00 Å². The van der Waals surface area contributed by atoms with Gasteiger partial charge in [0.25, 0.3) is 11.8 Å². The molecule has 6 nitrogen and oxygen atoms in total. The number of carbonyl (C=O) groups excluding carboxylic acids is 3. The van der Waals surface area contributed by atoms with E-state index in [-0.39, 0.29) is 11.5 Å². The van der Waals surface area contributed by atoms with Crippen LogP contribution in [0.15, 0.2) is 41.8 Å². The number of amides is 2. The number of benzene rings is 1. The normalized spacial score (nSPS) is 12.8. The van der Waals surface area contributed by atoms with Crippen molar-refractivity contribution in [2.75, 3.05) is 11.9 Å². The molecule has 0 saturated heterocycles. The molecule has 1 heterocycles. The maximum Gasteiger partial charge on any atom is 0.314 e. The van der Waals surface area contributed by atoms with Crippen LogP contribution in [0.5, 0.6) is 0 Å². The van der Waals surface area contributed by atoms with Gasteiger partial charge in [-0.1, -0.05) is 50.6 Å². The summed E-state index contributed by atoms with van der Waals surface area (Å²) in [5.41, 5.74) is 6.34. The highest BCUT2D eigenvalue weighted by atomic mass is 32.1. The summed E-state index contributed by atoms with van der Waals surface area (Å²) in [5.74, 6) is -1.94. The van der Waals surface area contributed by atoms with Crippen molar-refractivity contribution in [2.24, 2.45) is 11.7 Å². The third-order valence-corrected chi connectivity index (χ3v) is 4.98. The summed E-state index contributed by atoms with van der Waals surface area (Å²) in [6.45, 7) is 3.56. The second-order valence-electron chi connectivity index (χ2n) is 5.96. The minimum atomic E-state index is -0.626. The summed E-state index contributed by atoms with van der Waals surface area (Å²) in [4.78, 5) is 35.9. The maximum atomic E-state index is 12.6. The van der Waals surface area contributed by atoms with Crippen molar-refractivity contribution in [3.63, 3.8) is 0 Å². The van der Waals surface area contributed by atoms with Crippen LogP contribution in [-0.2, 0) is 14.3 Å². The zero-order valence-electron chi connectivity index (χ0n) is 14.7. The summed E-state index contributed by atoms with van der Waals surface area (Å²) >= 11 is 1.18. The van der Waals surface area contributed by atoms with E-state index >= 15 is 0 Å². The molecule has 2 amide bonds. The van der Waals surface area contributed by atoms with Crippen molar-refractivity contribution in [3.05, 3.63) is 52.9 Å². The number of esters is 1. The lowest BCUT2D eigenvalue weighted by atomic mass is 9.86. The number of thiophene rings is 1. The van der Waals surface area contributed by atoms with Crippen LogP contribution in [0, 0.1) is 5.92 Å². The monoisotopic (exact) mass is 374 g/mol. The molecule has 7 heteroatoms. The Morgan fingerprint density at radius 1 is 1.19 bits per heavy atom. The molecule has 0 bridgehead atoms. The average Bonchev–Trinajstić information content (AvgIpc) is 3.09. The quantitative estimate of drug-likeness (QED) is 0.693. The fourth-order valence-electron chi connectivity index (χ4n) is 2.58. The Balaban J connectivity index is 2.00. The van der Waals surface area contributed by atoms with E-state index < -0.39 is 30.3 Å². The first-order valence-electron chi connectivity index (χ1n) is 8.32. The number of ether oxygens (including phenoxy) is 1. The minimum absolute atomic E-state index is 0.0757. The van der Waals surface area contributed by atoms with E-state index in [1.807, 2.05) is 44.2 Å². The van der Waals surface area contributed by atoms with Gasteiger partial charge in [-0.3, -0.25) is 14.4 Å². The average molecular weight is 374 g/mol. The van der Waals surface area contributed by atoms with Crippen LogP contribution in [0.25, 0.3) is 0 Å². The van der Waals surface area contributed by atoms with Gasteiger partial charge in [0.05, 0.1) is 11.5 Å². The molecule has 1 aromatic carbocycles. The second-order valence-corrected chi connectivity index (χ2v) is 6.87. The highest BCUT2D eigenvalue weighted by Gasteiger charge is 2.28. The Kier molecular flexibility index (Phi) is 6.91. The SMILES string of the molecule is CC[C@H](C)[C@@H](C(=O)OCC(=O)Nc1sccc1C(N)=O)c1ccccc1. The Morgan fingerprint density at radius 2 is 1.88 bits per heavy atom. The number of nitrogens with one attached hydrogen (secondary N) is 1. The lowest BCUT2D eigenvalue weighted by Gasteiger charge is -2.21. The number of primary amides is 1. The van der Waals surface area contributed by atoms with Crippen molar-refractivity contribution < 1.29 is 19.1 Å². The third kappa shape index (κ3) is 4.92. The van der Waals surface area contributed by atoms with Crippen molar-refractivity contribution in [1.82, 2.24) is 0 Å². The zero-order valence-corrected chi connectivity index (χ0v) is 15.5. The second kappa shape index (κ2) is 9.15. The van der Waals surface area contributed by atoms with Crippen molar-refractivity contribution in [1.29, 1.82) is 0 Å². The van der Waals surface area contributed by atoms with E-state index in [9.17, 15) is 14.4 Å². The van der Waals surface area contributed by atoms with Gasteiger partial charge in [0.2, 0.25) is 0 Å². The van der Waals surface area contributed by atoms with Gasteiger partial charge in [-0.05, 0) is 22.9 Å². The van der Waals surface area contributed by atoms with Gasteiger partial charge in [0.15, 0.2) is 6.61 Å². The number of carbonyl (C=O) groups is 3. The Morgan fingerprint density at radius 3 is 2.50 bits per heavy atom. The zero-order chi connectivity index (χ0) is 19.1. The largest absolute Gasteiger partial charge is 0.455 e. The van der Waals surface area contributed by atoms with Crippen molar-refractivity contribution >= 4 is 34.1 Å². The smallest absolute Gasteiger partial charge is 0.314 e. The Labute approximate surface area is 156 Å².